The second-order valence-corrected chi connectivity index (χ2v) is 4.62. The first-order valence-corrected chi connectivity index (χ1v) is 6.25. The SMILES string of the molecule is O=C(CN1CSCC1=O)Nc1ccc(O)cc1. The number of hydrogen-bond acceptors (Lipinski definition) is 4. The number of amides is 2. The molecule has 2 amide bonds. The van der Waals surface area contributed by atoms with Crippen LogP contribution in [0.2, 0.25) is 0 Å². The molecule has 0 aliphatic carbocycles. The maximum Gasteiger partial charge on any atom is 0.244 e. The van der Waals surface area contributed by atoms with E-state index in [1.54, 1.807) is 12.1 Å². The molecule has 1 aliphatic rings. The summed E-state index contributed by atoms with van der Waals surface area (Å²) in [4.78, 5) is 24.4. The third-order valence-electron chi connectivity index (χ3n) is 2.31. The first-order valence-electron chi connectivity index (χ1n) is 5.09. The van der Waals surface area contributed by atoms with Crippen molar-refractivity contribution in [3.8, 4) is 5.75 Å². The first kappa shape index (κ1) is 11.8. The largest absolute Gasteiger partial charge is 0.508 e. The molecule has 6 heteroatoms. The summed E-state index contributed by atoms with van der Waals surface area (Å²) in [6.45, 7) is 0.0761. The summed E-state index contributed by atoms with van der Waals surface area (Å²) in [7, 11) is 0. The van der Waals surface area contributed by atoms with Crippen LogP contribution < -0.4 is 5.32 Å². The van der Waals surface area contributed by atoms with Crippen LogP contribution in [0.1, 0.15) is 0 Å². The van der Waals surface area contributed by atoms with Crippen molar-refractivity contribution in [2.24, 2.45) is 0 Å². The zero-order chi connectivity index (χ0) is 12.3. The minimum atomic E-state index is -0.230. The Labute approximate surface area is 103 Å². The van der Waals surface area contributed by atoms with Gasteiger partial charge in [-0.05, 0) is 24.3 Å². The van der Waals surface area contributed by atoms with Crippen molar-refractivity contribution in [3.05, 3.63) is 24.3 Å². The molecular formula is C11H12N2O3S. The number of rotatable bonds is 3. The molecule has 2 rings (SSSR count). The van der Waals surface area contributed by atoms with E-state index in [1.807, 2.05) is 0 Å². The van der Waals surface area contributed by atoms with Gasteiger partial charge in [-0.15, -0.1) is 11.8 Å². The molecule has 0 radical (unpaired) electrons. The van der Waals surface area contributed by atoms with Gasteiger partial charge in [-0.25, -0.2) is 0 Å². The average Bonchev–Trinajstić information content (AvgIpc) is 2.68. The number of carbonyl (C=O) groups is 2. The third-order valence-corrected chi connectivity index (χ3v) is 3.26. The summed E-state index contributed by atoms with van der Waals surface area (Å²) in [5.41, 5.74) is 0.604. The molecule has 1 aromatic rings. The molecule has 0 bridgehead atoms. The number of hydrogen-bond donors (Lipinski definition) is 2. The summed E-state index contributed by atoms with van der Waals surface area (Å²) in [6.07, 6.45) is 0. The Morgan fingerprint density at radius 3 is 2.71 bits per heavy atom. The molecule has 17 heavy (non-hydrogen) atoms. The number of anilines is 1. The maximum atomic E-state index is 11.6. The minimum absolute atomic E-state index is 0.00384. The maximum absolute atomic E-state index is 11.6. The Hall–Kier alpha value is -1.69. The number of benzene rings is 1. The predicted octanol–water partition coefficient (Wildman–Crippen LogP) is 0.864. The zero-order valence-electron chi connectivity index (χ0n) is 9.05. The standard InChI is InChI=1S/C11H12N2O3S/c14-9-3-1-8(2-4-9)12-10(15)5-13-7-17-6-11(13)16/h1-4,14H,5-7H2,(H,12,15). The van der Waals surface area contributed by atoms with Crippen LogP contribution in [0, 0.1) is 0 Å². The highest BCUT2D eigenvalue weighted by Crippen LogP contribution is 2.16. The smallest absolute Gasteiger partial charge is 0.244 e. The van der Waals surface area contributed by atoms with E-state index in [-0.39, 0.29) is 24.1 Å². The highest BCUT2D eigenvalue weighted by atomic mass is 32.2. The highest BCUT2D eigenvalue weighted by molar-refractivity contribution is 8.00. The summed E-state index contributed by atoms with van der Waals surface area (Å²) in [6, 6.07) is 6.19. The van der Waals surface area contributed by atoms with Gasteiger partial charge in [0.15, 0.2) is 0 Å². The number of aromatic hydroxyl groups is 1. The molecule has 0 atom stereocenters. The Morgan fingerprint density at radius 2 is 2.12 bits per heavy atom. The number of carbonyl (C=O) groups excluding carboxylic acids is 2. The zero-order valence-corrected chi connectivity index (χ0v) is 9.87. The van der Waals surface area contributed by atoms with E-state index < -0.39 is 0 Å². The molecule has 0 aromatic heterocycles. The fourth-order valence-electron chi connectivity index (χ4n) is 1.46. The summed E-state index contributed by atoms with van der Waals surface area (Å²) in [5.74, 6) is 0.936. The molecule has 90 valence electrons. The van der Waals surface area contributed by atoms with Crippen LogP contribution in [-0.4, -0.2) is 40.0 Å². The second-order valence-electron chi connectivity index (χ2n) is 3.66. The molecule has 0 spiro atoms. The van der Waals surface area contributed by atoms with Crippen LogP contribution in [0.5, 0.6) is 5.75 Å². The molecule has 0 saturated carbocycles. The fraction of sp³-hybridized carbons (Fsp3) is 0.273. The van der Waals surface area contributed by atoms with E-state index in [4.69, 9.17) is 5.11 Å². The molecule has 1 aliphatic heterocycles. The van der Waals surface area contributed by atoms with Gasteiger partial charge < -0.3 is 15.3 Å². The van der Waals surface area contributed by atoms with Crippen molar-refractivity contribution in [2.45, 2.75) is 0 Å². The van der Waals surface area contributed by atoms with E-state index in [0.29, 0.717) is 17.3 Å². The number of thioether (sulfide) groups is 1. The van der Waals surface area contributed by atoms with Gasteiger partial charge in [0.2, 0.25) is 11.8 Å². The van der Waals surface area contributed by atoms with E-state index in [9.17, 15) is 9.59 Å². The summed E-state index contributed by atoms with van der Waals surface area (Å²) < 4.78 is 0. The van der Waals surface area contributed by atoms with Gasteiger partial charge in [0.25, 0.3) is 0 Å². The van der Waals surface area contributed by atoms with Gasteiger partial charge in [0.05, 0.1) is 11.6 Å². The molecule has 1 fully saturated rings. The van der Waals surface area contributed by atoms with E-state index >= 15 is 0 Å². The van der Waals surface area contributed by atoms with Gasteiger partial charge in [-0.2, -0.15) is 0 Å². The molecule has 5 nitrogen and oxygen atoms in total. The third kappa shape index (κ3) is 3.13. The Kier molecular flexibility index (Phi) is 3.53. The minimum Gasteiger partial charge on any atom is -0.508 e. The summed E-state index contributed by atoms with van der Waals surface area (Å²) >= 11 is 1.50. The van der Waals surface area contributed by atoms with Crippen molar-refractivity contribution >= 4 is 29.3 Å². The lowest BCUT2D eigenvalue weighted by atomic mass is 10.3. The normalized spacial score (nSPS) is 15.1. The van der Waals surface area contributed by atoms with Crippen LogP contribution in [0.25, 0.3) is 0 Å². The molecule has 1 aromatic carbocycles. The van der Waals surface area contributed by atoms with E-state index in [0.717, 1.165) is 0 Å². The van der Waals surface area contributed by atoms with Crippen LogP contribution in [0.4, 0.5) is 5.69 Å². The quantitative estimate of drug-likeness (QED) is 0.783. The Bertz CT molecular complexity index is 433. The van der Waals surface area contributed by atoms with E-state index in [1.165, 1.54) is 28.8 Å². The van der Waals surface area contributed by atoms with Gasteiger partial charge in [-0.1, -0.05) is 0 Å². The Balaban J connectivity index is 1.88. The average molecular weight is 252 g/mol. The first-order chi connectivity index (χ1) is 8.15. The van der Waals surface area contributed by atoms with Gasteiger partial charge >= 0.3 is 0 Å². The number of nitrogens with zero attached hydrogens (tertiary/aromatic N) is 1. The van der Waals surface area contributed by atoms with Gasteiger partial charge in [0.1, 0.15) is 12.3 Å². The molecule has 1 saturated heterocycles. The number of nitrogens with one attached hydrogen (secondary N) is 1. The Morgan fingerprint density at radius 1 is 1.41 bits per heavy atom. The van der Waals surface area contributed by atoms with Crippen molar-refractivity contribution in [1.82, 2.24) is 4.90 Å². The molecule has 2 N–H and O–H groups in total. The van der Waals surface area contributed by atoms with Crippen LogP contribution in [0.15, 0.2) is 24.3 Å². The fourth-order valence-corrected chi connectivity index (χ4v) is 2.36. The van der Waals surface area contributed by atoms with E-state index in [2.05, 4.69) is 5.32 Å². The summed E-state index contributed by atoms with van der Waals surface area (Å²) in [5, 5.41) is 11.8. The monoisotopic (exact) mass is 252 g/mol. The molecule has 1 heterocycles. The molecule has 0 unspecified atom stereocenters. The van der Waals surface area contributed by atoms with Crippen molar-refractivity contribution in [1.29, 1.82) is 0 Å². The lowest BCUT2D eigenvalue weighted by Gasteiger charge is -2.14. The van der Waals surface area contributed by atoms with Crippen LogP contribution >= 0.6 is 11.8 Å². The lowest BCUT2D eigenvalue weighted by molar-refractivity contribution is -0.130. The number of phenols is 1. The van der Waals surface area contributed by atoms with Gasteiger partial charge in [-0.3, -0.25) is 9.59 Å². The molecular weight excluding hydrogens is 240 g/mol. The topological polar surface area (TPSA) is 69.6 Å². The highest BCUT2D eigenvalue weighted by Gasteiger charge is 2.22. The van der Waals surface area contributed by atoms with Crippen molar-refractivity contribution < 1.29 is 14.7 Å². The van der Waals surface area contributed by atoms with Crippen LogP contribution in [-0.2, 0) is 9.59 Å². The van der Waals surface area contributed by atoms with Crippen molar-refractivity contribution in [3.63, 3.8) is 0 Å². The van der Waals surface area contributed by atoms with Crippen molar-refractivity contribution in [2.75, 3.05) is 23.5 Å². The lowest BCUT2D eigenvalue weighted by Crippen LogP contribution is -2.34. The van der Waals surface area contributed by atoms with Gasteiger partial charge in [0, 0.05) is 5.69 Å². The van der Waals surface area contributed by atoms with Crippen LogP contribution in [0.3, 0.4) is 0 Å². The predicted molar refractivity (Wildman–Crippen MR) is 65.8 cm³/mol. The number of phenolic OH excluding ortho intramolecular Hbond substituents is 1. The second kappa shape index (κ2) is 5.09.